The minimum absolute atomic E-state index is 0.236. The van der Waals surface area contributed by atoms with E-state index in [1.54, 1.807) is 12.1 Å². The first-order valence-corrected chi connectivity index (χ1v) is 8.15. The zero-order chi connectivity index (χ0) is 15.3. The Morgan fingerprint density at radius 2 is 2.10 bits per heavy atom. The third kappa shape index (κ3) is 4.90. The summed E-state index contributed by atoms with van der Waals surface area (Å²) < 4.78 is 29.3. The van der Waals surface area contributed by atoms with Crippen molar-refractivity contribution in [2.75, 3.05) is 23.4 Å². The van der Waals surface area contributed by atoms with Crippen molar-refractivity contribution >= 4 is 39.0 Å². The summed E-state index contributed by atoms with van der Waals surface area (Å²) >= 11 is 5.99. The SMILES string of the molecule is CCC(Nc1ccc(NS(C)(=O)=O)c(Cl)c1)C(=O)OC. The Kier molecular flexibility index (Phi) is 5.64. The molecule has 1 atom stereocenters. The van der Waals surface area contributed by atoms with Crippen LogP contribution in [-0.2, 0) is 19.6 Å². The van der Waals surface area contributed by atoms with E-state index in [1.807, 2.05) is 6.92 Å². The van der Waals surface area contributed by atoms with Gasteiger partial charge in [0.05, 0.1) is 24.1 Å². The molecule has 0 aromatic heterocycles. The minimum atomic E-state index is -3.39. The first kappa shape index (κ1) is 16.6. The molecular weight excluding hydrogens is 304 g/mol. The highest BCUT2D eigenvalue weighted by molar-refractivity contribution is 7.92. The lowest BCUT2D eigenvalue weighted by Crippen LogP contribution is -2.29. The molecule has 2 N–H and O–H groups in total. The molecule has 1 rings (SSSR count). The van der Waals surface area contributed by atoms with Crippen LogP contribution in [0.5, 0.6) is 0 Å². The van der Waals surface area contributed by atoms with Crippen LogP contribution < -0.4 is 10.0 Å². The maximum absolute atomic E-state index is 11.5. The summed E-state index contributed by atoms with van der Waals surface area (Å²) in [7, 11) is -2.07. The van der Waals surface area contributed by atoms with Crippen molar-refractivity contribution in [3.05, 3.63) is 23.2 Å². The van der Waals surface area contributed by atoms with Gasteiger partial charge in [0.2, 0.25) is 10.0 Å². The number of sulfonamides is 1. The number of halogens is 1. The van der Waals surface area contributed by atoms with Crippen LogP contribution in [0.25, 0.3) is 0 Å². The molecule has 0 fully saturated rings. The van der Waals surface area contributed by atoms with Gasteiger partial charge in [-0.2, -0.15) is 0 Å². The standard InChI is InChI=1S/C12H17ClN2O4S/c1-4-10(12(16)19-2)14-8-5-6-11(9(13)7-8)15-20(3,17)18/h5-7,10,14-15H,4H2,1-3H3. The summed E-state index contributed by atoms with van der Waals surface area (Å²) in [5, 5.41) is 3.21. The van der Waals surface area contributed by atoms with Crippen LogP contribution in [0, 0.1) is 0 Å². The third-order valence-corrected chi connectivity index (χ3v) is 3.40. The first-order valence-electron chi connectivity index (χ1n) is 5.88. The molecule has 0 saturated heterocycles. The molecule has 0 amide bonds. The van der Waals surface area contributed by atoms with Crippen molar-refractivity contribution in [3.8, 4) is 0 Å². The summed E-state index contributed by atoms with van der Waals surface area (Å²) in [6, 6.07) is 4.21. The molecule has 0 aliphatic carbocycles. The zero-order valence-corrected chi connectivity index (χ0v) is 13.0. The van der Waals surface area contributed by atoms with E-state index in [0.29, 0.717) is 12.1 Å². The number of anilines is 2. The Labute approximate surface area is 123 Å². The zero-order valence-electron chi connectivity index (χ0n) is 11.4. The Morgan fingerprint density at radius 3 is 2.55 bits per heavy atom. The predicted octanol–water partition coefficient (Wildman–Crippen LogP) is 2.08. The van der Waals surface area contributed by atoms with E-state index in [1.165, 1.54) is 13.2 Å². The van der Waals surface area contributed by atoms with E-state index in [4.69, 9.17) is 11.6 Å². The molecule has 0 aliphatic rings. The summed E-state index contributed by atoms with van der Waals surface area (Å²) in [6.45, 7) is 1.84. The van der Waals surface area contributed by atoms with Crippen LogP contribution >= 0.6 is 11.6 Å². The molecule has 20 heavy (non-hydrogen) atoms. The molecular formula is C12H17ClN2O4S. The lowest BCUT2D eigenvalue weighted by atomic mass is 10.2. The van der Waals surface area contributed by atoms with Crippen molar-refractivity contribution < 1.29 is 17.9 Å². The normalized spacial score (nSPS) is 12.6. The van der Waals surface area contributed by atoms with Crippen molar-refractivity contribution in [2.45, 2.75) is 19.4 Å². The van der Waals surface area contributed by atoms with Crippen molar-refractivity contribution in [1.29, 1.82) is 0 Å². The number of carbonyl (C=O) groups is 1. The van der Waals surface area contributed by atoms with E-state index in [2.05, 4.69) is 14.8 Å². The van der Waals surface area contributed by atoms with Gasteiger partial charge in [0.15, 0.2) is 0 Å². The van der Waals surface area contributed by atoms with Gasteiger partial charge < -0.3 is 10.1 Å². The Hall–Kier alpha value is -1.47. The molecule has 0 radical (unpaired) electrons. The molecule has 0 aliphatic heterocycles. The molecule has 0 saturated carbocycles. The smallest absolute Gasteiger partial charge is 0.328 e. The molecule has 0 bridgehead atoms. The van der Waals surface area contributed by atoms with E-state index in [-0.39, 0.29) is 16.7 Å². The number of hydrogen-bond acceptors (Lipinski definition) is 5. The molecule has 0 heterocycles. The molecule has 0 spiro atoms. The molecule has 1 unspecified atom stereocenters. The second-order valence-electron chi connectivity index (χ2n) is 4.20. The third-order valence-electron chi connectivity index (χ3n) is 2.50. The van der Waals surface area contributed by atoms with E-state index >= 15 is 0 Å². The first-order chi connectivity index (χ1) is 9.26. The van der Waals surface area contributed by atoms with E-state index in [0.717, 1.165) is 6.26 Å². The molecule has 8 heteroatoms. The van der Waals surface area contributed by atoms with Crippen LogP contribution in [-0.4, -0.2) is 33.8 Å². The number of nitrogens with one attached hydrogen (secondary N) is 2. The lowest BCUT2D eigenvalue weighted by molar-refractivity contribution is -0.141. The maximum atomic E-state index is 11.5. The van der Waals surface area contributed by atoms with Gasteiger partial charge >= 0.3 is 5.97 Å². The number of esters is 1. The Morgan fingerprint density at radius 1 is 1.45 bits per heavy atom. The molecule has 112 valence electrons. The van der Waals surface area contributed by atoms with Crippen molar-refractivity contribution in [3.63, 3.8) is 0 Å². The second kappa shape index (κ2) is 6.81. The van der Waals surface area contributed by atoms with Crippen molar-refractivity contribution in [2.24, 2.45) is 0 Å². The Balaban J connectivity index is 2.89. The number of carbonyl (C=O) groups excluding carboxylic acids is 1. The number of rotatable bonds is 6. The van der Waals surface area contributed by atoms with E-state index < -0.39 is 16.1 Å². The average Bonchev–Trinajstić information content (AvgIpc) is 2.36. The average molecular weight is 321 g/mol. The van der Waals surface area contributed by atoms with E-state index in [9.17, 15) is 13.2 Å². The van der Waals surface area contributed by atoms with Gasteiger partial charge in [-0.05, 0) is 24.6 Å². The fraction of sp³-hybridized carbons (Fsp3) is 0.417. The van der Waals surface area contributed by atoms with Crippen LogP contribution in [0.15, 0.2) is 18.2 Å². The summed E-state index contributed by atoms with van der Waals surface area (Å²) in [4.78, 5) is 11.5. The summed E-state index contributed by atoms with van der Waals surface area (Å²) in [5.41, 5.74) is 0.886. The van der Waals surface area contributed by atoms with Gasteiger partial charge in [-0.15, -0.1) is 0 Å². The number of benzene rings is 1. The highest BCUT2D eigenvalue weighted by atomic mass is 35.5. The molecule has 6 nitrogen and oxygen atoms in total. The quantitative estimate of drug-likeness (QED) is 0.784. The molecule has 1 aromatic carbocycles. The predicted molar refractivity (Wildman–Crippen MR) is 79.6 cm³/mol. The van der Waals surface area contributed by atoms with Crippen LogP contribution in [0.3, 0.4) is 0 Å². The van der Waals surface area contributed by atoms with Gasteiger partial charge in [-0.3, -0.25) is 4.72 Å². The minimum Gasteiger partial charge on any atom is -0.467 e. The van der Waals surface area contributed by atoms with Crippen molar-refractivity contribution in [1.82, 2.24) is 0 Å². The highest BCUT2D eigenvalue weighted by Gasteiger charge is 2.17. The largest absolute Gasteiger partial charge is 0.467 e. The highest BCUT2D eigenvalue weighted by Crippen LogP contribution is 2.26. The summed E-state index contributed by atoms with van der Waals surface area (Å²) in [6.07, 6.45) is 1.59. The van der Waals surface area contributed by atoms with Crippen LogP contribution in [0.1, 0.15) is 13.3 Å². The maximum Gasteiger partial charge on any atom is 0.328 e. The summed E-state index contributed by atoms with van der Waals surface area (Å²) in [5.74, 6) is -0.373. The number of hydrogen-bond donors (Lipinski definition) is 2. The van der Waals surface area contributed by atoms with Gasteiger partial charge in [0.25, 0.3) is 0 Å². The van der Waals surface area contributed by atoms with Gasteiger partial charge in [0, 0.05) is 5.69 Å². The number of methoxy groups -OCH3 is 1. The monoisotopic (exact) mass is 320 g/mol. The Bertz CT molecular complexity index is 589. The topological polar surface area (TPSA) is 84.5 Å². The number of ether oxygens (including phenoxy) is 1. The fourth-order valence-electron chi connectivity index (χ4n) is 1.56. The van der Waals surface area contributed by atoms with Gasteiger partial charge in [-0.25, -0.2) is 13.2 Å². The van der Waals surface area contributed by atoms with Gasteiger partial charge in [0.1, 0.15) is 6.04 Å². The van der Waals surface area contributed by atoms with Gasteiger partial charge in [-0.1, -0.05) is 18.5 Å². The fourth-order valence-corrected chi connectivity index (χ4v) is 2.42. The van der Waals surface area contributed by atoms with Crippen LogP contribution in [0.4, 0.5) is 11.4 Å². The second-order valence-corrected chi connectivity index (χ2v) is 6.35. The lowest BCUT2D eigenvalue weighted by Gasteiger charge is -2.16. The molecule has 1 aromatic rings. The van der Waals surface area contributed by atoms with Crippen LogP contribution in [0.2, 0.25) is 5.02 Å².